The molecular formula is C19H26N4. The van der Waals surface area contributed by atoms with Gasteiger partial charge >= 0.3 is 0 Å². The van der Waals surface area contributed by atoms with Gasteiger partial charge in [0.05, 0.1) is 5.69 Å². The predicted molar refractivity (Wildman–Crippen MR) is 94.4 cm³/mol. The zero-order valence-electron chi connectivity index (χ0n) is 13.9. The minimum atomic E-state index is 0.644. The molecule has 4 heteroatoms. The van der Waals surface area contributed by atoms with Crippen molar-refractivity contribution in [3.63, 3.8) is 0 Å². The number of aryl methyl sites for hydroxylation is 1. The van der Waals surface area contributed by atoms with E-state index in [1.165, 1.54) is 43.6 Å². The number of nitrogens with zero attached hydrogens (tertiary/aromatic N) is 3. The molecule has 1 N–H and O–H groups in total. The first-order chi connectivity index (χ1) is 11.3. The Hall–Kier alpha value is -1.94. The number of hydrogen-bond acceptors (Lipinski definition) is 4. The van der Waals surface area contributed by atoms with Crippen LogP contribution in [0.1, 0.15) is 37.1 Å². The number of hydrogen-bond donors (Lipinski definition) is 1. The summed E-state index contributed by atoms with van der Waals surface area (Å²) in [7, 11) is 1.92. The smallest absolute Gasteiger partial charge is 0.125 e. The molecular weight excluding hydrogens is 284 g/mol. The Labute approximate surface area is 139 Å². The standard InChI is InChI=1S/C19H26N4/c1-20-19-10-6-8-16(22-19)11-12-18-9-3-5-14-23(18)15-17-7-2-4-13-21-17/h2,4,6-8,10,13,18H,3,5,9,11-12,14-15H2,1H3,(H,20,22)/t18-/m1/s1. The molecule has 0 aromatic carbocycles. The predicted octanol–water partition coefficient (Wildman–Crippen LogP) is 3.51. The van der Waals surface area contributed by atoms with Gasteiger partial charge in [-0.1, -0.05) is 18.6 Å². The van der Waals surface area contributed by atoms with Crippen LogP contribution >= 0.6 is 0 Å². The molecule has 3 rings (SSSR count). The van der Waals surface area contributed by atoms with E-state index in [0.717, 1.165) is 18.8 Å². The number of aromatic nitrogens is 2. The van der Waals surface area contributed by atoms with E-state index in [-0.39, 0.29) is 0 Å². The van der Waals surface area contributed by atoms with Crippen LogP contribution in [0.15, 0.2) is 42.6 Å². The molecule has 1 aliphatic heterocycles. The minimum Gasteiger partial charge on any atom is -0.373 e. The lowest BCUT2D eigenvalue weighted by molar-refractivity contribution is 0.130. The SMILES string of the molecule is CNc1cccc(CC[C@H]2CCCCN2Cc2ccccn2)n1. The van der Waals surface area contributed by atoms with Crippen LogP contribution in [0.5, 0.6) is 0 Å². The van der Waals surface area contributed by atoms with Crippen LogP contribution in [-0.2, 0) is 13.0 Å². The number of pyridine rings is 2. The molecule has 2 aromatic rings. The maximum atomic E-state index is 4.64. The molecule has 0 bridgehead atoms. The highest BCUT2D eigenvalue weighted by Gasteiger charge is 2.22. The average molecular weight is 310 g/mol. The fourth-order valence-corrected chi connectivity index (χ4v) is 3.37. The normalized spacial score (nSPS) is 18.7. The van der Waals surface area contributed by atoms with Gasteiger partial charge in [-0.15, -0.1) is 0 Å². The van der Waals surface area contributed by atoms with Gasteiger partial charge in [0.1, 0.15) is 5.82 Å². The summed E-state index contributed by atoms with van der Waals surface area (Å²) in [5.41, 5.74) is 2.36. The van der Waals surface area contributed by atoms with Gasteiger partial charge in [-0.05, 0) is 56.5 Å². The molecule has 0 spiro atoms. The summed E-state index contributed by atoms with van der Waals surface area (Å²) in [6.45, 7) is 2.15. The molecule has 1 aliphatic rings. The third kappa shape index (κ3) is 4.52. The molecule has 2 aromatic heterocycles. The number of piperidine rings is 1. The monoisotopic (exact) mass is 310 g/mol. The van der Waals surface area contributed by atoms with E-state index in [0.29, 0.717) is 6.04 Å². The first-order valence-electron chi connectivity index (χ1n) is 8.63. The topological polar surface area (TPSA) is 41.0 Å². The minimum absolute atomic E-state index is 0.644. The van der Waals surface area contributed by atoms with Crippen LogP contribution in [0.25, 0.3) is 0 Å². The van der Waals surface area contributed by atoms with E-state index in [2.05, 4.69) is 44.5 Å². The summed E-state index contributed by atoms with van der Waals surface area (Å²) in [6.07, 6.45) is 8.04. The van der Waals surface area contributed by atoms with Gasteiger partial charge in [-0.3, -0.25) is 9.88 Å². The van der Waals surface area contributed by atoms with Crippen LogP contribution < -0.4 is 5.32 Å². The van der Waals surface area contributed by atoms with Crippen molar-refractivity contribution in [1.82, 2.24) is 14.9 Å². The maximum absolute atomic E-state index is 4.64. The zero-order valence-corrected chi connectivity index (χ0v) is 13.9. The van der Waals surface area contributed by atoms with Gasteiger partial charge in [0.25, 0.3) is 0 Å². The summed E-state index contributed by atoms with van der Waals surface area (Å²) in [5.74, 6) is 0.955. The second kappa shape index (κ2) is 8.06. The Kier molecular flexibility index (Phi) is 5.59. The van der Waals surface area contributed by atoms with Crippen molar-refractivity contribution in [3.8, 4) is 0 Å². The van der Waals surface area contributed by atoms with Crippen molar-refractivity contribution < 1.29 is 0 Å². The van der Waals surface area contributed by atoms with Gasteiger partial charge in [-0.2, -0.15) is 0 Å². The second-order valence-electron chi connectivity index (χ2n) is 6.24. The van der Waals surface area contributed by atoms with Crippen molar-refractivity contribution in [2.75, 3.05) is 18.9 Å². The van der Waals surface area contributed by atoms with E-state index in [9.17, 15) is 0 Å². The summed E-state index contributed by atoms with van der Waals surface area (Å²) in [5, 5.41) is 3.12. The van der Waals surface area contributed by atoms with Gasteiger partial charge in [0, 0.05) is 31.5 Å². The van der Waals surface area contributed by atoms with Crippen LogP contribution in [0.3, 0.4) is 0 Å². The number of anilines is 1. The lowest BCUT2D eigenvalue weighted by Crippen LogP contribution is -2.39. The maximum Gasteiger partial charge on any atom is 0.125 e. The summed E-state index contributed by atoms with van der Waals surface area (Å²) in [4.78, 5) is 11.7. The molecule has 3 heterocycles. The van der Waals surface area contributed by atoms with Gasteiger partial charge < -0.3 is 5.32 Å². The molecule has 122 valence electrons. The largest absolute Gasteiger partial charge is 0.373 e. The molecule has 0 amide bonds. The summed E-state index contributed by atoms with van der Waals surface area (Å²) < 4.78 is 0. The molecule has 0 radical (unpaired) electrons. The number of likely N-dealkylation sites (tertiary alicyclic amines) is 1. The highest BCUT2D eigenvalue weighted by atomic mass is 15.2. The van der Waals surface area contributed by atoms with E-state index in [1.54, 1.807) is 0 Å². The molecule has 23 heavy (non-hydrogen) atoms. The molecule has 1 fully saturated rings. The summed E-state index contributed by atoms with van der Waals surface area (Å²) in [6, 6.07) is 13.1. The molecule has 0 unspecified atom stereocenters. The van der Waals surface area contributed by atoms with Gasteiger partial charge in [-0.25, -0.2) is 4.98 Å². The van der Waals surface area contributed by atoms with Gasteiger partial charge in [0.2, 0.25) is 0 Å². The third-order valence-electron chi connectivity index (χ3n) is 4.64. The lowest BCUT2D eigenvalue weighted by Gasteiger charge is -2.35. The molecule has 4 nitrogen and oxygen atoms in total. The van der Waals surface area contributed by atoms with E-state index in [1.807, 2.05) is 25.4 Å². The Bertz CT molecular complexity index is 599. The quantitative estimate of drug-likeness (QED) is 0.886. The van der Waals surface area contributed by atoms with E-state index >= 15 is 0 Å². The first kappa shape index (κ1) is 15.9. The Morgan fingerprint density at radius 2 is 2.04 bits per heavy atom. The second-order valence-corrected chi connectivity index (χ2v) is 6.24. The molecule has 1 atom stereocenters. The van der Waals surface area contributed by atoms with E-state index < -0.39 is 0 Å². The van der Waals surface area contributed by atoms with Gasteiger partial charge in [0.15, 0.2) is 0 Å². The average Bonchev–Trinajstić information content (AvgIpc) is 2.62. The lowest BCUT2D eigenvalue weighted by atomic mass is 9.96. The van der Waals surface area contributed by atoms with Crippen molar-refractivity contribution >= 4 is 5.82 Å². The highest BCUT2D eigenvalue weighted by molar-refractivity contribution is 5.34. The van der Waals surface area contributed by atoms with Crippen molar-refractivity contribution in [2.24, 2.45) is 0 Å². The van der Waals surface area contributed by atoms with Crippen LogP contribution in [0.2, 0.25) is 0 Å². The molecule has 1 saturated heterocycles. The Morgan fingerprint density at radius 3 is 2.87 bits per heavy atom. The fraction of sp³-hybridized carbons (Fsp3) is 0.474. The first-order valence-corrected chi connectivity index (χ1v) is 8.63. The highest BCUT2D eigenvalue weighted by Crippen LogP contribution is 2.23. The Balaban J connectivity index is 1.60. The van der Waals surface area contributed by atoms with E-state index in [4.69, 9.17) is 0 Å². The number of rotatable bonds is 6. The Morgan fingerprint density at radius 1 is 1.13 bits per heavy atom. The third-order valence-corrected chi connectivity index (χ3v) is 4.64. The fourth-order valence-electron chi connectivity index (χ4n) is 3.37. The van der Waals surface area contributed by atoms with Crippen LogP contribution in [0.4, 0.5) is 5.82 Å². The zero-order chi connectivity index (χ0) is 15.9. The molecule has 0 saturated carbocycles. The van der Waals surface area contributed by atoms with Crippen molar-refractivity contribution in [2.45, 2.75) is 44.7 Å². The van der Waals surface area contributed by atoms with Crippen LogP contribution in [-0.4, -0.2) is 34.5 Å². The summed E-state index contributed by atoms with van der Waals surface area (Å²) >= 11 is 0. The molecule has 0 aliphatic carbocycles. The van der Waals surface area contributed by atoms with Crippen molar-refractivity contribution in [1.29, 1.82) is 0 Å². The van der Waals surface area contributed by atoms with Crippen molar-refractivity contribution in [3.05, 3.63) is 54.0 Å². The van der Waals surface area contributed by atoms with Crippen LogP contribution in [0, 0.1) is 0 Å². The number of nitrogens with one attached hydrogen (secondary N) is 1.